The molecule has 0 aliphatic heterocycles. The fourth-order valence-electron chi connectivity index (χ4n) is 2.13. The van der Waals surface area contributed by atoms with Gasteiger partial charge in [0.05, 0.1) is 9.50 Å². The van der Waals surface area contributed by atoms with Crippen LogP contribution in [0.15, 0.2) is 71.6 Å². The summed E-state index contributed by atoms with van der Waals surface area (Å²) >= 11 is 9.36. The van der Waals surface area contributed by atoms with E-state index in [0.29, 0.717) is 21.1 Å². The van der Waals surface area contributed by atoms with Gasteiger partial charge in [-0.25, -0.2) is 9.78 Å². The summed E-state index contributed by atoms with van der Waals surface area (Å²) in [5, 5.41) is 1.76. The highest BCUT2D eigenvalue weighted by Gasteiger charge is 2.30. The molecule has 0 bridgehead atoms. The third kappa shape index (κ3) is 4.15. The van der Waals surface area contributed by atoms with Crippen LogP contribution < -0.4 is 14.4 Å². The molecule has 7 heteroatoms. The fourth-order valence-corrected chi connectivity index (χ4v) is 2.93. The van der Waals surface area contributed by atoms with Crippen LogP contribution in [0.1, 0.15) is 5.56 Å². The number of anilines is 1. The van der Waals surface area contributed by atoms with Crippen LogP contribution in [0.3, 0.4) is 0 Å². The first-order valence-corrected chi connectivity index (χ1v) is 8.58. The van der Waals surface area contributed by atoms with Crippen molar-refractivity contribution in [3.05, 3.63) is 82.2 Å². The van der Waals surface area contributed by atoms with Crippen molar-refractivity contribution in [3.8, 4) is 5.75 Å². The fraction of sp³-hybridized carbons (Fsp3) is 0.0556. The third-order valence-corrected chi connectivity index (χ3v) is 4.11. The summed E-state index contributed by atoms with van der Waals surface area (Å²) in [5.41, 5.74) is 1.08. The van der Waals surface area contributed by atoms with Crippen LogP contribution in [0.2, 0.25) is 5.02 Å². The number of hydrogen-bond acceptors (Lipinski definition) is 3. The van der Waals surface area contributed by atoms with E-state index in [9.17, 15) is 4.79 Å². The average molecular weight is 420 g/mol. The first kappa shape index (κ1) is 17.4. The van der Waals surface area contributed by atoms with Crippen LogP contribution >= 0.6 is 27.5 Å². The standard InChI is InChI=1S/C18H14BrClN3O2/c1-13-5-7-15(8-6-13)25-18(24)23(22-9-3-2-4-10-22)17-16(19)11-14(20)12-21-17/h2-12H,1H3/q+1. The minimum absolute atomic E-state index is 0.359. The Morgan fingerprint density at radius 2 is 1.88 bits per heavy atom. The molecule has 0 fully saturated rings. The first-order valence-electron chi connectivity index (χ1n) is 7.41. The van der Waals surface area contributed by atoms with Crippen molar-refractivity contribution in [3.63, 3.8) is 0 Å². The maximum atomic E-state index is 12.8. The maximum absolute atomic E-state index is 12.8. The van der Waals surface area contributed by atoms with Crippen LogP contribution in [0.5, 0.6) is 5.75 Å². The molecule has 3 rings (SSSR count). The van der Waals surface area contributed by atoms with Gasteiger partial charge in [0.25, 0.3) is 0 Å². The number of ether oxygens (including phenoxy) is 1. The normalized spacial score (nSPS) is 10.4. The topological polar surface area (TPSA) is 46.3 Å². The molecule has 2 aromatic heterocycles. The van der Waals surface area contributed by atoms with Crippen LogP contribution in [0, 0.1) is 6.92 Å². The highest BCUT2D eigenvalue weighted by Crippen LogP contribution is 2.26. The van der Waals surface area contributed by atoms with Crippen molar-refractivity contribution in [2.75, 3.05) is 5.01 Å². The Kier molecular flexibility index (Phi) is 5.31. The summed E-state index contributed by atoms with van der Waals surface area (Å²) in [5.74, 6) is 0.805. The number of aromatic nitrogens is 2. The van der Waals surface area contributed by atoms with Gasteiger partial charge in [0.1, 0.15) is 5.75 Å². The maximum Gasteiger partial charge on any atom is 0.475 e. The van der Waals surface area contributed by atoms with E-state index < -0.39 is 6.09 Å². The van der Waals surface area contributed by atoms with Crippen molar-refractivity contribution < 1.29 is 14.2 Å². The van der Waals surface area contributed by atoms with E-state index in [1.165, 1.54) is 11.2 Å². The molecule has 0 spiro atoms. The highest BCUT2D eigenvalue weighted by atomic mass is 79.9. The molecule has 25 heavy (non-hydrogen) atoms. The lowest BCUT2D eigenvalue weighted by molar-refractivity contribution is -0.675. The predicted molar refractivity (Wildman–Crippen MR) is 98.7 cm³/mol. The molecule has 0 unspecified atom stereocenters. The number of pyridine rings is 2. The summed E-state index contributed by atoms with van der Waals surface area (Å²) in [6.45, 7) is 1.96. The molecule has 0 aliphatic carbocycles. The third-order valence-electron chi connectivity index (χ3n) is 3.32. The number of benzene rings is 1. The summed E-state index contributed by atoms with van der Waals surface area (Å²) in [7, 11) is 0. The zero-order chi connectivity index (χ0) is 17.8. The van der Waals surface area contributed by atoms with E-state index in [-0.39, 0.29) is 0 Å². The lowest BCUT2D eigenvalue weighted by Gasteiger charge is -2.15. The van der Waals surface area contributed by atoms with Crippen molar-refractivity contribution in [1.29, 1.82) is 0 Å². The van der Waals surface area contributed by atoms with Crippen LogP contribution in [0.25, 0.3) is 0 Å². The molecule has 0 aliphatic rings. The molecule has 2 heterocycles. The van der Waals surface area contributed by atoms with Gasteiger partial charge < -0.3 is 4.74 Å². The molecule has 1 aromatic carbocycles. The van der Waals surface area contributed by atoms with Crippen molar-refractivity contribution in [2.24, 2.45) is 0 Å². The van der Waals surface area contributed by atoms with Gasteiger partial charge >= 0.3 is 6.09 Å². The molecule has 0 N–H and O–H groups in total. The van der Waals surface area contributed by atoms with Crippen molar-refractivity contribution in [1.82, 2.24) is 4.98 Å². The SMILES string of the molecule is Cc1ccc(OC(=O)N(c2ncc(Cl)cc2Br)[n+]2ccccc2)cc1. The van der Waals surface area contributed by atoms with E-state index in [2.05, 4.69) is 20.9 Å². The van der Waals surface area contributed by atoms with Crippen LogP contribution in [-0.2, 0) is 0 Å². The second-order valence-electron chi connectivity index (χ2n) is 5.21. The number of hydrogen-bond donors (Lipinski definition) is 0. The van der Waals surface area contributed by atoms with Gasteiger partial charge in [-0.3, -0.25) is 0 Å². The van der Waals surface area contributed by atoms with E-state index in [4.69, 9.17) is 16.3 Å². The van der Waals surface area contributed by atoms with E-state index in [1.54, 1.807) is 47.4 Å². The highest BCUT2D eigenvalue weighted by molar-refractivity contribution is 9.10. The molecule has 0 radical (unpaired) electrons. The number of rotatable bonds is 3. The lowest BCUT2D eigenvalue weighted by atomic mass is 10.2. The number of nitrogens with zero attached hydrogens (tertiary/aromatic N) is 3. The van der Waals surface area contributed by atoms with Crippen LogP contribution in [-0.4, -0.2) is 11.1 Å². The van der Waals surface area contributed by atoms with E-state index in [0.717, 1.165) is 5.56 Å². The second-order valence-corrected chi connectivity index (χ2v) is 6.50. The molecule has 3 aromatic rings. The number of halogens is 2. The predicted octanol–water partition coefficient (Wildman–Crippen LogP) is 4.56. The second kappa shape index (κ2) is 7.63. The number of carbonyl (C=O) groups is 1. The number of aryl methyl sites for hydroxylation is 1. The summed E-state index contributed by atoms with van der Waals surface area (Å²) < 4.78 is 7.65. The molecule has 126 valence electrons. The van der Waals surface area contributed by atoms with E-state index in [1.807, 2.05) is 25.1 Å². The molecule has 1 amide bonds. The van der Waals surface area contributed by atoms with Crippen LogP contribution in [0.4, 0.5) is 10.6 Å². The van der Waals surface area contributed by atoms with Crippen molar-refractivity contribution in [2.45, 2.75) is 6.92 Å². The zero-order valence-corrected chi connectivity index (χ0v) is 15.6. The summed E-state index contributed by atoms with van der Waals surface area (Å²) in [6, 6.07) is 14.4. The Labute approximate surface area is 158 Å². The van der Waals surface area contributed by atoms with Gasteiger partial charge in [-0.05, 0) is 46.1 Å². The summed E-state index contributed by atoms with van der Waals surface area (Å²) in [6.07, 6.45) is 4.31. The average Bonchev–Trinajstić information content (AvgIpc) is 2.60. The minimum Gasteiger partial charge on any atom is -0.406 e. The van der Waals surface area contributed by atoms with Gasteiger partial charge in [-0.1, -0.05) is 40.0 Å². The monoisotopic (exact) mass is 418 g/mol. The van der Waals surface area contributed by atoms with Gasteiger partial charge in [0, 0.05) is 18.3 Å². The van der Waals surface area contributed by atoms with Gasteiger partial charge in [-0.2, -0.15) is 0 Å². The molecule has 5 nitrogen and oxygen atoms in total. The molecule has 0 saturated carbocycles. The zero-order valence-electron chi connectivity index (χ0n) is 13.3. The molecular weight excluding hydrogens is 406 g/mol. The Morgan fingerprint density at radius 3 is 2.52 bits per heavy atom. The number of carbonyl (C=O) groups excluding carboxylic acids is 1. The molecule has 0 atom stereocenters. The molecular formula is C18H14BrClN3O2+. The largest absolute Gasteiger partial charge is 0.475 e. The first-order chi connectivity index (χ1) is 12.0. The van der Waals surface area contributed by atoms with Crippen molar-refractivity contribution >= 4 is 39.4 Å². The van der Waals surface area contributed by atoms with Gasteiger partial charge in [-0.15, -0.1) is 0 Å². The van der Waals surface area contributed by atoms with E-state index >= 15 is 0 Å². The lowest BCUT2D eigenvalue weighted by Crippen LogP contribution is -2.58. The Bertz CT molecular complexity index is 889. The minimum atomic E-state index is -0.601. The molecule has 0 saturated heterocycles. The van der Waals surface area contributed by atoms with Gasteiger partial charge in [0.15, 0.2) is 0 Å². The Hall–Kier alpha value is -2.44. The Morgan fingerprint density at radius 1 is 1.20 bits per heavy atom. The number of amides is 1. The Balaban J connectivity index is 1.99. The summed E-state index contributed by atoms with van der Waals surface area (Å²) in [4.78, 5) is 17.1. The van der Waals surface area contributed by atoms with Gasteiger partial charge in [0.2, 0.25) is 18.2 Å². The smallest absolute Gasteiger partial charge is 0.406 e. The quantitative estimate of drug-likeness (QED) is 0.585.